The maximum atomic E-state index is 11.0. The van der Waals surface area contributed by atoms with Crippen LogP contribution in [0.4, 0.5) is 11.4 Å². The monoisotopic (exact) mass is 271 g/mol. The Balaban J connectivity index is 2.78. The van der Waals surface area contributed by atoms with Crippen LogP contribution in [0.5, 0.6) is 0 Å². The largest absolute Gasteiger partial charge is 0.377 e. The van der Waals surface area contributed by atoms with Gasteiger partial charge in [0.2, 0.25) is 0 Å². The average Bonchev–Trinajstić information content (AvgIpc) is 2.26. The Hall–Kier alpha value is -1.33. The third kappa shape index (κ3) is 4.16. The van der Waals surface area contributed by atoms with Gasteiger partial charge in [0.15, 0.2) is 0 Å². The van der Waals surface area contributed by atoms with Crippen molar-refractivity contribution in [3.05, 3.63) is 33.3 Å². The molecule has 0 saturated heterocycles. The molecular formula is C12H18ClN3O2. The second-order valence-electron chi connectivity index (χ2n) is 4.53. The summed E-state index contributed by atoms with van der Waals surface area (Å²) in [6, 6.07) is 5.05. The molecule has 1 N–H and O–H groups in total. The zero-order chi connectivity index (χ0) is 13.7. The molecule has 0 radical (unpaired) electrons. The Morgan fingerprint density at radius 3 is 2.72 bits per heavy atom. The van der Waals surface area contributed by atoms with E-state index in [9.17, 15) is 10.1 Å². The zero-order valence-electron chi connectivity index (χ0n) is 10.8. The molecule has 0 heterocycles. The standard InChI is InChI=1S/C12H18ClN3O2/c1-9(7-8-15(2)3)14-11-6-4-5-10(13)12(11)16(17)18/h4-6,9,14H,7-8H2,1-3H3. The lowest BCUT2D eigenvalue weighted by atomic mass is 10.2. The quantitative estimate of drug-likeness (QED) is 0.638. The van der Waals surface area contributed by atoms with E-state index in [-0.39, 0.29) is 16.8 Å². The first-order valence-corrected chi connectivity index (χ1v) is 6.13. The minimum Gasteiger partial charge on any atom is -0.377 e. The van der Waals surface area contributed by atoms with Gasteiger partial charge in [-0.05, 0) is 46.1 Å². The van der Waals surface area contributed by atoms with Crippen LogP contribution in [-0.2, 0) is 0 Å². The molecule has 6 heteroatoms. The summed E-state index contributed by atoms with van der Waals surface area (Å²) in [5.41, 5.74) is 0.412. The summed E-state index contributed by atoms with van der Waals surface area (Å²) in [4.78, 5) is 12.6. The molecule has 0 aliphatic carbocycles. The Morgan fingerprint density at radius 1 is 1.50 bits per heavy atom. The van der Waals surface area contributed by atoms with E-state index in [0.717, 1.165) is 13.0 Å². The second-order valence-corrected chi connectivity index (χ2v) is 4.94. The number of hydrogen-bond acceptors (Lipinski definition) is 4. The predicted octanol–water partition coefficient (Wildman–Crippen LogP) is 3.00. The van der Waals surface area contributed by atoms with Gasteiger partial charge in [-0.1, -0.05) is 17.7 Å². The normalized spacial score (nSPS) is 12.5. The maximum Gasteiger partial charge on any atom is 0.310 e. The number of halogens is 1. The molecule has 5 nitrogen and oxygen atoms in total. The Morgan fingerprint density at radius 2 is 2.17 bits per heavy atom. The van der Waals surface area contributed by atoms with Crippen molar-refractivity contribution in [2.75, 3.05) is 26.0 Å². The first kappa shape index (κ1) is 14.7. The number of benzene rings is 1. The van der Waals surface area contributed by atoms with Crippen molar-refractivity contribution in [3.63, 3.8) is 0 Å². The van der Waals surface area contributed by atoms with Crippen molar-refractivity contribution in [2.24, 2.45) is 0 Å². The molecule has 0 bridgehead atoms. The fourth-order valence-corrected chi connectivity index (χ4v) is 1.85. The first-order valence-electron chi connectivity index (χ1n) is 5.76. The third-order valence-electron chi connectivity index (χ3n) is 2.58. The molecule has 100 valence electrons. The van der Waals surface area contributed by atoms with Gasteiger partial charge in [0, 0.05) is 6.04 Å². The van der Waals surface area contributed by atoms with Crippen molar-refractivity contribution in [3.8, 4) is 0 Å². The van der Waals surface area contributed by atoms with E-state index in [1.165, 1.54) is 6.07 Å². The fourth-order valence-electron chi connectivity index (χ4n) is 1.61. The van der Waals surface area contributed by atoms with E-state index in [1.54, 1.807) is 12.1 Å². The number of para-hydroxylation sites is 1. The van der Waals surface area contributed by atoms with E-state index < -0.39 is 4.92 Å². The number of nitro benzene ring substituents is 1. The second kappa shape index (κ2) is 6.56. The van der Waals surface area contributed by atoms with Crippen LogP contribution in [0.1, 0.15) is 13.3 Å². The van der Waals surface area contributed by atoms with E-state index in [0.29, 0.717) is 5.69 Å². The molecule has 1 aromatic rings. The van der Waals surface area contributed by atoms with Crippen LogP contribution in [0.3, 0.4) is 0 Å². The number of nitrogens with one attached hydrogen (secondary N) is 1. The summed E-state index contributed by atoms with van der Waals surface area (Å²) in [7, 11) is 3.99. The van der Waals surface area contributed by atoms with Crippen molar-refractivity contribution >= 4 is 23.0 Å². The van der Waals surface area contributed by atoms with Crippen LogP contribution < -0.4 is 5.32 Å². The summed E-state index contributed by atoms with van der Waals surface area (Å²) >= 11 is 5.85. The van der Waals surface area contributed by atoms with Gasteiger partial charge < -0.3 is 10.2 Å². The van der Waals surface area contributed by atoms with Crippen LogP contribution in [0, 0.1) is 10.1 Å². The van der Waals surface area contributed by atoms with Crippen molar-refractivity contribution < 1.29 is 4.92 Å². The molecular weight excluding hydrogens is 254 g/mol. The molecule has 0 aliphatic rings. The highest BCUT2D eigenvalue weighted by atomic mass is 35.5. The maximum absolute atomic E-state index is 11.0. The highest BCUT2D eigenvalue weighted by Gasteiger charge is 2.19. The molecule has 0 aromatic heterocycles. The minimum absolute atomic E-state index is 0.0594. The summed E-state index contributed by atoms with van der Waals surface area (Å²) in [5.74, 6) is 0. The molecule has 0 aliphatic heterocycles. The summed E-state index contributed by atoms with van der Waals surface area (Å²) in [6.07, 6.45) is 0.899. The molecule has 0 amide bonds. The van der Waals surface area contributed by atoms with Crippen LogP contribution in [0.25, 0.3) is 0 Å². The zero-order valence-corrected chi connectivity index (χ0v) is 11.6. The smallest absolute Gasteiger partial charge is 0.310 e. The van der Waals surface area contributed by atoms with Crippen LogP contribution in [0.15, 0.2) is 18.2 Å². The van der Waals surface area contributed by atoms with Crippen LogP contribution >= 0.6 is 11.6 Å². The van der Waals surface area contributed by atoms with E-state index in [2.05, 4.69) is 10.2 Å². The SMILES string of the molecule is CC(CCN(C)C)Nc1cccc(Cl)c1[N+](=O)[O-]. The van der Waals surface area contributed by atoms with E-state index >= 15 is 0 Å². The van der Waals surface area contributed by atoms with Gasteiger partial charge in [-0.3, -0.25) is 10.1 Å². The molecule has 18 heavy (non-hydrogen) atoms. The lowest BCUT2D eigenvalue weighted by Gasteiger charge is -2.17. The Labute approximate surface area is 112 Å². The van der Waals surface area contributed by atoms with Gasteiger partial charge in [0.05, 0.1) is 4.92 Å². The van der Waals surface area contributed by atoms with Gasteiger partial charge in [0.1, 0.15) is 10.7 Å². The van der Waals surface area contributed by atoms with Gasteiger partial charge in [0.25, 0.3) is 0 Å². The molecule has 0 saturated carbocycles. The molecule has 0 fully saturated rings. The third-order valence-corrected chi connectivity index (χ3v) is 2.89. The van der Waals surface area contributed by atoms with Crippen molar-refractivity contribution in [1.82, 2.24) is 4.90 Å². The van der Waals surface area contributed by atoms with Crippen LogP contribution in [-0.4, -0.2) is 36.5 Å². The number of nitrogens with zero attached hydrogens (tertiary/aromatic N) is 2. The van der Waals surface area contributed by atoms with Crippen molar-refractivity contribution in [2.45, 2.75) is 19.4 Å². The number of anilines is 1. The number of rotatable bonds is 6. The minimum atomic E-state index is -0.455. The van der Waals surface area contributed by atoms with Crippen LogP contribution in [0.2, 0.25) is 5.02 Å². The lowest BCUT2D eigenvalue weighted by molar-refractivity contribution is -0.383. The molecule has 1 atom stereocenters. The van der Waals surface area contributed by atoms with Gasteiger partial charge in [-0.2, -0.15) is 0 Å². The highest BCUT2D eigenvalue weighted by Crippen LogP contribution is 2.32. The van der Waals surface area contributed by atoms with Gasteiger partial charge >= 0.3 is 5.69 Å². The van der Waals surface area contributed by atoms with E-state index in [1.807, 2.05) is 21.0 Å². The number of nitro groups is 1. The average molecular weight is 272 g/mol. The topological polar surface area (TPSA) is 58.4 Å². The molecule has 0 spiro atoms. The molecule has 1 unspecified atom stereocenters. The highest BCUT2D eigenvalue weighted by molar-refractivity contribution is 6.33. The molecule has 1 rings (SSSR count). The Kier molecular flexibility index (Phi) is 5.37. The number of hydrogen-bond donors (Lipinski definition) is 1. The Bertz CT molecular complexity index is 424. The first-order chi connectivity index (χ1) is 8.41. The predicted molar refractivity (Wildman–Crippen MR) is 74.4 cm³/mol. The fraction of sp³-hybridized carbons (Fsp3) is 0.500. The van der Waals surface area contributed by atoms with Gasteiger partial charge in [-0.15, -0.1) is 0 Å². The van der Waals surface area contributed by atoms with E-state index in [4.69, 9.17) is 11.6 Å². The van der Waals surface area contributed by atoms with Gasteiger partial charge in [-0.25, -0.2) is 0 Å². The van der Waals surface area contributed by atoms with Crippen molar-refractivity contribution in [1.29, 1.82) is 0 Å². The summed E-state index contributed by atoms with van der Waals surface area (Å²) in [5, 5.41) is 14.3. The lowest BCUT2D eigenvalue weighted by Crippen LogP contribution is -2.23. The summed E-state index contributed by atoms with van der Waals surface area (Å²) in [6.45, 7) is 2.91. The summed E-state index contributed by atoms with van der Waals surface area (Å²) < 4.78 is 0. The molecule has 1 aromatic carbocycles.